The average Bonchev–Trinajstić information content (AvgIpc) is 2.39. The number of aromatic nitrogens is 1. The number of hydrogen-bond donors (Lipinski definition) is 0. The van der Waals surface area contributed by atoms with Crippen molar-refractivity contribution in [3.63, 3.8) is 0 Å². The van der Waals surface area contributed by atoms with Crippen molar-refractivity contribution in [3.8, 4) is 16.9 Å². The zero-order valence-corrected chi connectivity index (χ0v) is 9.02. The minimum Gasteiger partial charge on any atom is -0.493 e. The zero-order chi connectivity index (χ0) is 10.8. The van der Waals surface area contributed by atoms with Crippen LogP contribution in [0.15, 0.2) is 42.7 Å². The Morgan fingerprint density at radius 3 is 2.81 bits per heavy atom. The molecule has 80 valence electrons. The molecule has 0 spiro atoms. The van der Waals surface area contributed by atoms with Crippen LogP contribution in [0.25, 0.3) is 11.1 Å². The molecular weight excluding hydrogens is 198 g/mol. The van der Waals surface area contributed by atoms with Gasteiger partial charge in [0.15, 0.2) is 0 Å². The lowest BCUT2D eigenvalue weighted by Crippen LogP contribution is -2.09. The smallest absolute Gasteiger partial charge is 0.123 e. The standard InChI is InChI=1S/C14H13NO/c1-3-12(11-6-8-15-9-7-11)13-4-2-10-16-14(13)5-1/h1,3,5-9H,2,4,10H2. The number of pyridine rings is 1. The molecule has 2 aromatic rings. The average molecular weight is 211 g/mol. The first-order valence-electron chi connectivity index (χ1n) is 5.60. The van der Waals surface area contributed by atoms with Crippen LogP contribution in [0.5, 0.6) is 5.75 Å². The maximum absolute atomic E-state index is 5.67. The lowest BCUT2D eigenvalue weighted by Gasteiger charge is -2.20. The number of ether oxygens (including phenoxy) is 1. The van der Waals surface area contributed by atoms with Crippen LogP contribution in [0.3, 0.4) is 0 Å². The molecule has 2 heterocycles. The Hall–Kier alpha value is -1.83. The second kappa shape index (κ2) is 3.97. The largest absolute Gasteiger partial charge is 0.493 e. The van der Waals surface area contributed by atoms with Crippen molar-refractivity contribution in [2.24, 2.45) is 0 Å². The highest BCUT2D eigenvalue weighted by Gasteiger charge is 2.14. The monoisotopic (exact) mass is 211 g/mol. The van der Waals surface area contributed by atoms with E-state index < -0.39 is 0 Å². The molecule has 0 radical (unpaired) electrons. The van der Waals surface area contributed by atoms with Gasteiger partial charge in [0.05, 0.1) is 6.61 Å². The van der Waals surface area contributed by atoms with E-state index in [1.54, 1.807) is 0 Å². The summed E-state index contributed by atoms with van der Waals surface area (Å²) < 4.78 is 5.67. The van der Waals surface area contributed by atoms with Crippen LogP contribution < -0.4 is 4.74 Å². The minimum absolute atomic E-state index is 0.840. The van der Waals surface area contributed by atoms with Crippen LogP contribution in [0, 0.1) is 0 Å². The normalized spacial score (nSPS) is 14.0. The zero-order valence-electron chi connectivity index (χ0n) is 9.02. The lowest BCUT2D eigenvalue weighted by molar-refractivity contribution is 0.289. The Labute approximate surface area is 94.9 Å². The third kappa shape index (κ3) is 1.56. The predicted octanol–water partition coefficient (Wildman–Crippen LogP) is 3.07. The van der Waals surface area contributed by atoms with E-state index in [1.165, 1.54) is 16.7 Å². The summed E-state index contributed by atoms with van der Waals surface area (Å²) in [7, 11) is 0. The molecule has 0 saturated heterocycles. The van der Waals surface area contributed by atoms with Gasteiger partial charge in [-0.2, -0.15) is 0 Å². The Morgan fingerprint density at radius 1 is 1.06 bits per heavy atom. The third-order valence-electron chi connectivity index (χ3n) is 2.95. The van der Waals surface area contributed by atoms with Gasteiger partial charge in [-0.25, -0.2) is 0 Å². The van der Waals surface area contributed by atoms with Crippen LogP contribution in [0.1, 0.15) is 12.0 Å². The molecule has 0 amide bonds. The highest BCUT2D eigenvalue weighted by atomic mass is 16.5. The Kier molecular flexibility index (Phi) is 2.33. The fourth-order valence-electron chi connectivity index (χ4n) is 2.19. The molecule has 0 unspecified atom stereocenters. The highest BCUT2D eigenvalue weighted by molar-refractivity contribution is 5.70. The van der Waals surface area contributed by atoms with Gasteiger partial charge in [0, 0.05) is 18.0 Å². The summed E-state index contributed by atoms with van der Waals surface area (Å²) in [6.07, 6.45) is 5.87. The van der Waals surface area contributed by atoms with E-state index in [0.717, 1.165) is 25.2 Å². The number of rotatable bonds is 1. The molecule has 0 N–H and O–H groups in total. The van der Waals surface area contributed by atoms with Crippen molar-refractivity contribution >= 4 is 0 Å². The highest BCUT2D eigenvalue weighted by Crippen LogP contribution is 2.33. The first-order valence-corrected chi connectivity index (χ1v) is 5.60. The van der Waals surface area contributed by atoms with Crippen molar-refractivity contribution in [2.45, 2.75) is 12.8 Å². The topological polar surface area (TPSA) is 22.1 Å². The van der Waals surface area contributed by atoms with Crippen molar-refractivity contribution in [2.75, 3.05) is 6.61 Å². The van der Waals surface area contributed by atoms with E-state index in [9.17, 15) is 0 Å². The van der Waals surface area contributed by atoms with E-state index >= 15 is 0 Å². The molecule has 3 rings (SSSR count). The summed E-state index contributed by atoms with van der Waals surface area (Å²) in [5.74, 6) is 1.04. The molecule has 0 atom stereocenters. The Morgan fingerprint density at radius 2 is 1.94 bits per heavy atom. The van der Waals surface area contributed by atoms with Crippen molar-refractivity contribution in [1.29, 1.82) is 0 Å². The second-order valence-corrected chi connectivity index (χ2v) is 3.97. The molecule has 2 nitrogen and oxygen atoms in total. The summed E-state index contributed by atoms with van der Waals surface area (Å²) in [4.78, 5) is 4.05. The molecule has 1 aromatic carbocycles. The summed E-state index contributed by atoms with van der Waals surface area (Å²) in [5, 5.41) is 0. The van der Waals surface area contributed by atoms with Gasteiger partial charge in [0.2, 0.25) is 0 Å². The summed E-state index contributed by atoms with van der Waals surface area (Å²) in [5.41, 5.74) is 3.83. The molecule has 0 saturated carbocycles. The number of fused-ring (bicyclic) bond motifs is 1. The summed E-state index contributed by atoms with van der Waals surface area (Å²) in [6.45, 7) is 0.840. The number of hydrogen-bond acceptors (Lipinski definition) is 2. The van der Waals surface area contributed by atoms with Gasteiger partial charge in [-0.3, -0.25) is 4.98 Å². The van der Waals surface area contributed by atoms with Gasteiger partial charge in [-0.1, -0.05) is 12.1 Å². The maximum atomic E-state index is 5.67. The van der Waals surface area contributed by atoms with Gasteiger partial charge in [0.1, 0.15) is 5.75 Å². The van der Waals surface area contributed by atoms with Crippen LogP contribution in [0.4, 0.5) is 0 Å². The molecule has 1 aromatic heterocycles. The molecule has 2 heteroatoms. The van der Waals surface area contributed by atoms with Crippen molar-refractivity contribution in [3.05, 3.63) is 48.3 Å². The molecular formula is C14H13NO. The Balaban J connectivity index is 2.14. The molecule has 1 aliphatic heterocycles. The Bertz CT molecular complexity index is 493. The maximum Gasteiger partial charge on any atom is 0.123 e. The van der Waals surface area contributed by atoms with Crippen molar-refractivity contribution < 1.29 is 4.74 Å². The molecule has 0 fully saturated rings. The van der Waals surface area contributed by atoms with Crippen LogP contribution in [0.2, 0.25) is 0 Å². The quantitative estimate of drug-likeness (QED) is 0.723. The van der Waals surface area contributed by atoms with Gasteiger partial charge in [-0.05, 0) is 42.2 Å². The van der Waals surface area contributed by atoms with Crippen LogP contribution in [-0.2, 0) is 6.42 Å². The lowest BCUT2D eigenvalue weighted by atomic mass is 9.95. The van der Waals surface area contributed by atoms with E-state index in [2.05, 4.69) is 23.2 Å². The predicted molar refractivity (Wildman–Crippen MR) is 63.5 cm³/mol. The van der Waals surface area contributed by atoms with Crippen molar-refractivity contribution in [1.82, 2.24) is 4.98 Å². The van der Waals surface area contributed by atoms with Crippen LogP contribution in [-0.4, -0.2) is 11.6 Å². The third-order valence-corrected chi connectivity index (χ3v) is 2.95. The summed E-state index contributed by atoms with van der Waals surface area (Å²) in [6, 6.07) is 10.4. The second-order valence-electron chi connectivity index (χ2n) is 3.97. The van der Waals surface area contributed by atoms with Gasteiger partial charge in [0.25, 0.3) is 0 Å². The first kappa shape index (κ1) is 9.40. The molecule has 0 bridgehead atoms. The summed E-state index contributed by atoms with van der Waals surface area (Å²) >= 11 is 0. The van der Waals surface area contributed by atoms with E-state index in [1.807, 2.05) is 24.5 Å². The first-order chi connectivity index (χ1) is 7.95. The van der Waals surface area contributed by atoms with E-state index in [-0.39, 0.29) is 0 Å². The van der Waals surface area contributed by atoms with Crippen LogP contribution >= 0.6 is 0 Å². The number of benzene rings is 1. The van der Waals surface area contributed by atoms with Gasteiger partial charge >= 0.3 is 0 Å². The fourth-order valence-corrected chi connectivity index (χ4v) is 2.19. The molecule has 16 heavy (non-hydrogen) atoms. The minimum atomic E-state index is 0.840. The number of nitrogens with zero attached hydrogens (tertiary/aromatic N) is 1. The van der Waals surface area contributed by atoms with Gasteiger partial charge in [-0.15, -0.1) is 0 Å². The van der Waals surface area contributed by atoms with E-state index in [0.29, 0.717) is 0 Å². The van der Waals surface area contributed by atoms with Gasteiger partial charge < -0.3 is 4.74 Å². The molecule has 1 aliphatic rings. The SMILES string of the molecule is c1cc2c(c(-c3ccncc3)c1)CCCO2. The molecule has 0 aliphatic carbocycles. The van der Waals surface area contributed by atoms with E-state index in [4.69, 9.17) is 4.74 Å². The fraction of sp³-hybridized carbons (Fsp3) is 0.214.